The SMILES string of the molecule is CNCc1ccccc1CCC12CCC3=Cc4c(cnn4-c4ccc(F)cc4)CC31O2. The third-order valence-electron chi connectivity index (χ3n) is 7.37. The lowest BCUT2D eigenvalue weighted by Crippen LogP contribution is -2.27. The van der Waals surface area contributed by atoms with E-state index < -0.39 is 0 Å². The summed E-state index contributed by atoms with van der Waals surface area (Å²) in [4.78, 5) is 0. The molecular weight excluding hydrogens is 389 g/mol. The first-order valence-electron chi connectivity index (χ1n) is 11.1. The van der Waals surface area contributed by atoms with Gasteiger partial charge in [0.2, 0.25) is 0 Å². The second-order valence-electron chi connectivity index (χ2n) is 9.01. The predicted molar refractivity (Wildman–Crippen MR) is 119 cm³/mol. The van der Waals surface area contributed by atoms with Crippen LogP contribution in [0.1, 0.15) is 41.6 Å². The first-order chi connectivity index (χ1) is 15.1. The maximum absolute atomic E-state index is 13.3. The van der Waals surface area contributed by atoms with Crippen LogP contribution in [0.3, 0.4) is 0 Å². The molecule has 2 atom stereocenters. The highest BCUT2D eigenvalue weighted by Crippen LogP contribution is 2.67. The van der Waals surface area contributed by atoms with Crippen LogP contribution in [-0.4, -0.2) is 28.0 Å². The third-order valence-corrected chi connectivity index (χ3v) is 7.37. The lowest BCUT2D eigenvalue weighted by Gasteiger charge is -2.20. The highest BCUT2D eigenvalue weighted by Gasteiger charge is 2.74. The van der Waals surface area contributed by atoms with Crippen molar-refractivity contribution in [2.45, 2.75) is 49.9 Å². The number of hydrogen-bond donors (Lipinski definition) is 1. The normalized spacial score (nSPS) is 25.5. The quantitative estimate of drug-likeness (QED) is 0.598. The molecule has 1 saturated heterocycles. The Morgan fingerprint density at radius 3 is 2.74 bits per heavy atom. The summed E-state index contributed by atoms with van der Waals surface area (Å²) >= 11 is 0. The van der Waals surface area contributed by atoms with Crippen LogP contribution in [-0.2, 0) is 24.1 Å². The summed E-state index contributed by atoms with van der Waals surface area (Å²) in [6.45, 7) is 0.895. The first kappa shape index (κ1) is 19.0. The van der Waals surface area contributed by atoms with Gasteiger partial charge in [-0.05, 0) is 79.8 Å². The van der Waals surface area contributed by atoms with Gasteiger partial charge in [-0.15, -0.1) is 0 Å². The van der Waals surface area contributed by atoms with Gasteiger partial charge in [0.05, 0.1) is 17.6 Å². The van der Waals surface area contributed by atoms with Crippen LogP contribution in [0.4, 0.5) is 4.39 Å². The van der Waals surface area contributed by atoms with Gasteiger partial charge in [0.1, 0.15) is 17.0 Å². The third kappa shape index (κ3) is 2.83. The zero-order valence-electron chi connectivity index (χ0n) is 17.7. The number of rotatable bonds is 6. The predicted octanol–water partition coefficient (Wildman–Crippen LogP) is 4.60. The van der Waals surface area contributed by atoms with E-state index in [-0.39, 0.29) is 17.0 Å². The number of benzene rings is 2. The molecule has 3 aromatic rings. The highest BCUT2D eigenvalue weighted by atomic mass is 19.1. The fourth-order valence-electron chi connectivity index (χ4n) is 5.74. The van der Waals surface area contributed by atoms with Crippen molar-refractivity contribution in [2.75, 3.05) is 7.05 Å². The number of hydrogen-bond acceptors (Lipinski definition) is 3. The van der Waals surface area contributed by atoms with Crippen LogP contribution in [0.15, 0.2) is 60.3 Å². The summed E-state index contributed by atoms with van der Waals surface area (Å²) < 4.78 is 21.8. The van der Waals surface area contributed by atoms with Gasteiger partial charge in [0.15, 0.2) is 0 Å². The molecule has 2 aromatic carbocycles. The summed E-state index contributed by atoms with van der Waals surface area (Å²) in [5.41, 5.74) is 7.21. The van der Waals surface area contributed by atoms with Crippen molar-refractivity contribution in [3.05, 3.63) is 88.5 Å². The van der Waals surface area contributed by atoms with E-state index in [4.69, 9.17) is 4.74 Å². The van der Waals surface area contributed by atoms with Crippen molar-refractivity contribution in [3.8, 4) is 5.69 Å². The monoisotopic (exact) mass is 415 g/mol. The van der Waals surface area contributed by atoms with Crippen molar-refractivity contribution >= 4 is 6.08 Å². The minimum Gasteiger partial charge on any atom is -0.357 e. The summed E-state index contributed by atoms with van der Waals surface area (Å²) in [5, 5.41) is 7.89. The molecule has 1 saturated carbocycles. The molecular formula is C26H26FN3O. The van der Waals surface area contributed by atoms with Gasteiger partial charge in [0, 0.05) is 18.5 Å². The standard InChI is InChI=1S/C26H26FN3O/c1-28-16-19-5-3-2-4-18(19)10-12-25-13-11-21-14-24-20(15-26(21,25)31-25)17-29-30(24)23-8-6-22(27)7-9-23/h2-9,14,17,28H,10-13,15-16H2,1H3. The lowest BCUT2D eigenvalue weighted by molar-refractivity contribution is 0.235. The summed E-state index contributed by atoms with van der Waals surface area (Å²) in [6.07, 6.45) is 9.36. The van der Waals surface area contributed by atoms with Gasteiger partial charge in [-0.3, -0.25) is 0 Å². The maximum atomic E-state index is 13.3. The second-order valence-corrected chi connectivity index (χ2v) is 9.01. The number of nitrogens with zero attached hydrogens (tertiary/aromatic N) is 2. The van der Waals surface area contributed by atoms with E-state index in [1.807, 2.05) is 17.9 Å². The fourth-order valence-corrected chi connectivity index (χ4v) is 5.74. The van der Waals surface area contributed by atoms with Gasteiger partial charge >= 0.3 is 0 Å². The zero-order chi connectivity index (χ0) is 21.1. The molecule has 2 unspecified atom stereocenters. The van der Waals surface area contributed by atoms with Crippen LogP contribution in [0, 0.1) is 5.82 Å². The van der Waals surface area contributed by atoms with Crippen LogP contribution >= 0.6 is 0 Å². The molecule has 2 aliphatic carbocycles. The van der Waals surface area contributed by atoms with E-state index in [1.165, 1.54) is 34.4 Å². The smallest absolute Gasteiger partial charge is 0.123 e. The summed E-state index contributed by atoms with van der Waals surface area (Å²) in [5.74, 6) is -0.231. The highest BCUT2D eigenvalue weighted by molar-refractivity contribution is 5.66. The van der Waals surface area contributed by atoms with Crippen molar-refractivity contribution < 1.29 is 9.13 Å². The molecule has 158 valence electrons. The largest absolute Gasteiger partial charge is 0.357 e. The Balaban J connectivity index is 1.26. The van der Waals surface area contributed by atoms with Gasteiger partial charge in [-0.1, -0.05) is 24.3 Å². The van der Waals surface area contributed by atoms with Crippen molar-refractivity contribution in [1.82, 2.24) is 15.1 Å². The average Bonchev–Trinajstić information content (AvgIpc) is 3.06. The number of ether oxygens (including phenoxy) is 1. The number of aromatic nitrogens is 2. The molecule has 0 radical (unpaired) electrons. The van der Waals surface area contributed by atoms with Crippen LogP contribution in [0.5, 0.6) is 0 Å². The van der Waals surface area contributed by atoms with Gasteiger partial charge in [0.25, 0.3) is 0 Å². The van der Waals surface area contributed by atoms with Gasteiger partial charge < -0.3 is 10.1 Å². The molecule has 6 rings (SSSR count). The Morgan fingerprint density at radius 2 is 1.94 bits per heavy atom. The van der Waals surface area contributed by atoms with Crippen LogP contribution < -0.4 is 5.32 Å². The number of fused-ring (bicyclic) bond motifs is 1. The molecule has 1 spiro atoms. The fraction of sp³-hybridized carbons (Fsp3) is 0.346. The summed E-state index contributed by atoms with van der Waals surface area (Å²) in [6, 6.07) is 15.2. The first-order valence-corrected chi connectivity index (χ1v) is 11.1. The Morgan fingerprint density at radius 1 is 1.13 bits per heavy atom. The molecule has 1 aliphatic heterocycles. The van der Waals surface area contributed by atoms with E-state index in [0.29, 0.717) is 0 Å². The maximum Gasteiger partial charge on any atom is 0.123 e. The van der Waals surface area contributed by atoms with Crippen molar-refractivity contribution in [1.29, 1.82) is 0 Å². The second kappa shape index (κ2) is 6.87. The molecule has 0 amide bonds. The topological polar surface area (TPSA) is 42.4 Å². The van der Waals surface area contributed by atoms with Crippen molar-refractivity contribution in [3.63, 3.8) is 0 Å². The molecule has 0 bridgehead atoms. The number of halogens is 1. The Hall–Kier alpha value is -2.76. The Kier molecular flexibility index (Phi) is 4.20. The minimum atomic E-state index is -0.231. The van der Waals surface area contributed by atoms with Crippen LogP contribution in [0.25, 0.3) is 11.8 Å². The molecule has 31 heavy (non-hydrogen) atoms. The minimum absolute atomic E-state index is 0.0404. The number of epoxide rings is 1. The Bertz CT molecular complexity index is 1180. The number of aryl methyl sites for hydroxylation is 1. The molecule has 4 nitrogen and oxygen atoms in total. The van der Waals surface area contributed by atoms with E-state index >= 15 is 0 Å². The van der Waals surface area contributed by atoms with E-state index in [0.717, 1.165) is 50.0 Å². The Labute approximate surface area is 181 Å². The molecule has 2 fully saturated rings. The zero-order valence-corrected chi connectivity index (χ0v) is 17.7. The van der Waals surface area contributed by atoms with Crippen LogP contribution in [0.2, 0.25) is 0 Å². The average molecular weight is 416 g/mol. The van der Waals surface area contributed by atoms with Crippen molar-refractivity contribution in [2.24, 2.45) is 0 Å². The van der Waals surface area contributed by atoms with Gasteiger partial charge in [-0.25, -0.2) is 9.07 Å². The number of nitrogens with one attached hydrogen (secondary N) is 1. The van der Waals surface area contributed by atoms with E-state index in [9.17, 15) is 4.39 Å². The lowest BCUT2D eigenvalue weighted by atomic mass is 9.81. The van der Waals surface area contributed by atoms with Gasteiger partial charge in [-0.2, -0.15) is 5.10 Å². The molecule has 1 N–H and O–H groups in total. The molecule has 5 heteroatoms. The van der Waals surface area contributed by atoms with E-state index in [2.05, 4.69) is 40.8 Å². The van der Waals surface area contributed by atoms with E-state index in [1.54, 1.807) is 12.1 Å². The molecule has 1 aromatic heterocycles. The summed E-state index contributed by atoms with van der Waals surface area (Å²) in [7, 11) is 1.99. The molecule has 3 aliphatic rings. The molecule has 2 heterocycles.